The SMILES string of the molecule is O=C(CCCCC1CCSS1)Nc1cc(S(=O)(=O)[O-])cc2c1C(=O)C(=NNc1ccccc1)C(S(=O)(=O)[O-])=C2.[K+].[K+]. The predicted octanol–water partition coefficient (Wildman–Crippen LogP) is -2.20. The van der Waals surface area contributed by atoms with Gasteiger partial charge >= 0.3 is 103 Å². The smallest absolute Gasteiger partial charge is 0.744 e. The molecule has 1 aliphatic heterocycles. The Kier molecular flexibility index (Phi) is 15.4. The number of fused-ring (bicyclic) bond motifs is 1. The zero-order valence-corrected chi connectivity index (χ0v) is 31.8. The van der Waals surface area contributed by atoms with Crippen LogP contribution in [0, 0.1) is 0 Å². The summed E-state index contributed by atoms with van der Waals surface area (Å²) in [5, 5.41) is 6.87. The molecule has 0 radical (unpaired) electrons. The standard InChI is InChI=1S/C24H25N3O8S4.2K/c28-21(9-5-4-8-17-10-11-36-37-17)25-19-14-18(38(30,31)32)12-15-13-20(39(33,34)35)23(24(29)22(15)19)27-26-16-6-2-1-3-7-16;;/h1-3,6-7,12-14,17,26H,4-5,8-11H2,(H,25,28)(H,30,31,32)(H,33,34,35);;/q;2*+1/p-2. The number of nitrogens with zero attached hydrogens (tertiary/aromatic N) is 1. The molecular weight excluding hydrogens is 665 g/mol. The summed E-state index contributed by atoms with van der Waals surface area (Å²) in [4.78, 5) is 24.4. The number of hydrogen-bond donors (Lipinski definition) is 2. The molecule has 1 saturated heterocycles. The number of unbranched alkanes of at least 4 members (excludes halogenated alkanes) is 1. The molecule has 208 valence electrons. The monoisotopic (exact) mass is 687 g/mol. The number of hydrazone groups is 1. The van der Waals surface area contributed by atoms with Gasteiger partial charge in [0, 0.05) is 17.4 Å². The Morgan fingerprint density at radius 2 is 1.73 bits per heavy atom. The van der Waals surface area contributed by atoms with Crippen molar-refractivity contribution >= 4 is 76.7 Å². The molecule has 11 nitrogen and oxygen atoms in total. The summed E-state index contributed by atoms with van der Waals surface area (Å²) in [5.74, 6) is -0.471. The van der Waals surface area contributed by atoms with Crippen molar-refractivity contribution in [3.8, 4) is 0 Å². The van der Waals surface area contributed by atoms with Crippen LogP contribution in [0.4, 0.5) is 11.4 Å². The fourth-order valence-corrected chi connectivity index (χ4v) is 8.26. The quantitative estimate of drug-likeness (QED) is 0.0909. The summed E-state index contributed by atoms with van der Waals surface area (Å²) in [5.41, 5.74) is 1.24. The molecule has 4 rings (SSSR count). The Labute approximate surface area is 331 Å². The molecule has 2 aromatic rings. The average Bonchev–Trinajstić information content (AvgIpc) is 3.39. The van der Waals surface area contributed by atoms with Crippen molar-refractivity contribution in [1.82, 2.24) is 0 Å². The minimum absolute atomic E-state index is 0. The Hall–Kier alpha value is 0.583. The first-order valence-corrected chi connectivity index (χ1v) is 17.0. The van der Waals surface area contributed by atoms with Crippen molar-refractivity contribution in [3.63, 3.8) is 0 Å². The molecule has 0 aromatic heterocycles. The van der Waals surface area contributed by atoms with Gasteiger partial charge in [-0.05, 0) is 55.2 Å². The van der Waals surface area contributed by atoms with Crippen LogP contribution in [-0.4, -0.2) is 54.3 Å². The number of ketones is 1. The average molecular weight is 688 g/mol. The summed E-state index contributed by atoms with van der Waals surface area (Å²) >= 11 is 0. The zero-order valence-electron chi connectivity index (χ0n) is 22.3. The van der Waals surface area contributed by atoms with Gasteiger partial charge in [-0.25, -0.2) is 16.8 Å². The molecule has 2 N–H and O–H groups in total. The molecule has 1 fully saturated rings. The van der Waals surface area contributed by atoms with Gasteiger partial charge in [-0.2, -0.15) is 5.10 Å². The van der Waals surface area contributed by atoms with Gasteiger partial charge in [0.05, 0.1) is 26.7 Å². The fraction of sp³-hybridized carbons (Fsp3) is 0.292. The number of hydrogen-bond acceptors (Lipinski definition) is 12. The first-order chi connectivity index (χ1) is 18.4. The minimum atomic E-state index is -5.26. The third-order valence-corrected chi connectivity index (χ3v) is 10.6. The van der Waals surface area contributed by atoms with Crippen LogP contribution in [0.25, 0.3) is 6.08 Å². The molecule has 0 bridgehead atoms. The van der Waals surface area contributed by atoms with E-state index in [0.717, 1.165) is 43.2 Å². The van der Waals surface area contributed by atoms with Crippen molar-refractivity contribution < 1.29 is 138 Å². The molecule has 1 atom stereocenters. The summed E-state index contributed by atoms with van der Waals surface area (Å²) in [6.45, 7) is 0. The van der Waals surface area contributed by atoms with Gasteiger partial charge in [-0.15, -0.1) is 0 Å². The zero-order chi connectivity index (χ0) is 28.2. The van der Waals surface area contributed by atoms with Gasteiger partial charge in [0.25, 0.3) is 0 Å². The van der Waals surface area contributed by atoms with Crippen LogP contribution >= 0.6 is 21.6 Å². The Morgan fingerprint density at radius 3 is 2.34 bits per heavy atom. The van der Waals surface area contributed by atoms with E-state index in [1.807, 2.05) is 21.6 Å². The van der Waals surface area contributed by atoms with E-state index in [0.29, 0.717) is 17.4 Å². The number of para-hydroxylation sites is 1. The third kappa shape index (κ3) is 10.6. The topological polar surface area (TPSA) is 185 Å². The third-order valence-electron chi connectivity index (χ3n) is 5.91. The second-order valence-corrected chi connectivity index (χ2v) is 14.3. The second-order valence-electron chi connectivity index (χ2n) is 8.74. The summed E-state index contributed by atoms with van der Waals surface area (Å²) in [6, 6.07) is 9.84. The van der Waals surface area contributed by atoms with E-state index >= 15 is 0 Å². The van der Waals surface area contributed by atoms with Crippen LogP contribution in [0.5, 0.6) is 0 Å². The first-order valence-electron chi connectivity index (χ1n) is 11.8. The summed E-state index contributed by atoms with van der Waals surface area (Å²) in [7, 11) is -6.67. The molecule has 2 aromatic carbocycles. The van der Waals surface area contributed by atoms with Crippen LogP contribution in [0.15, 0.2) is 57.4 Å². The normalized spacial score (nSPS) is 17.6. The number of carbonyl (C=O) groups is 2. The minimum Gasteiger partial charge on any atom is -0.744 e. The van der Waals surface area contributed by atoms with Gasteiger partial charge in [0.2, 0.25) is 11.7 Å². The summed E-state index contributed by atoms with van der Waals surface area (Å²) < 4.78 is 71.4. The van der Waals surface area contributed by atoms with E-state index in [9.17, 15) is 35.5 Å². The molecule has 1 unspecified atom stereocenters. The van der Waals surface area contributed by atoms with E-state index in [1.54, 1.807) is 30.3 Å². The molecule has 41 heavy (non-hydrogen) atoms. The number of benzene rings is 2. The van der Waals surface area contributed by atoms with E-state index in [1.165, 1.54) is 0 Å². The number of anilines is 2. The number of Topliss-reactive ketones (excluding diaryl/α,β-unsaturated/α-hetero) is 1. The number of allylic oxidation sites excluding steroid dienone is 1. The van der Waals surface area contributed by atoms with E-state index < -0.39 is 47.4 Å². The van der Waals surface area contributed by atoms with Crippen molar-refractivity contribution in [2.24, 2.45) is 5.10 Å². The number of nitrogens with one attached hydrogen (secondary N) is 2. The van der Waals surface area contributed by atoms with Gasteiger partial charge in [0.15, 0.2) is 0 Å². The molecule has 2 aliphatic rings. The number of rotatable bonds is 10. The first kappa shape index (κ1) is 37.8. The maximum absolute atomic E-state index is 13.5. The van der Waals surface area contributed by atoms with Gasteiger partial charge in [-0.3, -0.25) is 15.0 Å². The van der Waals surface area contributed by atoms with Crippen LogP contribution in [0.1, 0.15) is 48.0 Å². The molecular formula is C24H23K2N3O8S4. The fourth-order valence-electron chi connectivity index (χ4n) is 4.05. The maximum Gasteiger partial charge on any atom is 1.00 e. The molecule has 17 heteroatoms. The van der Waals surface area contributed by atoms with Crippen molar-refractivity contribution in [2.45, 2.75) is 42.2 Å². The van der Waals surface area contributed by atoms with Crippen molar-refractivity contribution in [3.05, 3.63) is 58.5 Å². The van der Waals surface area contributed by atoms with Crippen LogP contribution in [0.3, 0.4) is 0 Å². The molecule has 0 spiro atoms. The van der Waals surface area contributed by atoms with Gasteiger partial charge in [-0.1, -0.05) is 46.2 Å². The Bertz CT molecular complexity index is 1560. The second kappa shape index (κ2) is 16.8. The molecule has 1 aliphatic carbocycles. The largest absolute Gasteiger partial charge is 1.00 e. The van der Waals surface area contributed by atoms with E-state index in [-0.39, 0.29) is 126 Å². The predicted molar refractivity (Wildman–Crippen MR) is 149 cm³/mol. The maximum atomic E-state index is 13.5. The van der Waals surface area contributed by atoms with Crippen molar-refractivity contribution in [2.75, 3.05) is 16.5 Å². The molecule has 1 amide bonds. The number of carbonyl (C=O) groups excluding carboxylic acids is 2. The van der Waals surface area contributed by atoms with Gasteiger partial charge < -0.3 is 14.4 Å². The molecule has 0 saturated carbocycles. The van der Waals surface area contributed by atoms with Crippen LogP contribution in [0.2, 0.25) is 0 Å². The van der Waals surface area contributed by atoms with E-state index in [2.05, 4.69) is 15.8 Å². The van der Waals surface area contributed by atoms with Crippen molar-refractivity contribution in [1.29, 1.82) is 0 Å². The van der Waals surface area contributed by atoms with Crippen LogP contribution < -0.4 is 114 Å². The Morgan fingerprint density at radius 1 is 1.02 bits per heavy atom. The van der Waals surface area contributed by atoms with E-state index in [4.69, 9.17) is 0 Å². The summed E-state index contributed by atoms with van der Waals surface area (Å²) in [6.07, 6.45) is 4.27. The number of amides is 1. The van der Waals surface area contributed by atoms with Gasteiger partial charge in [0.1, 0.15) is 25.9 Å². The Balaban J connectivity index is 0.00000294. The molecule has 1 heterocycles. The van der Waals surface area contributed by atoms with Crippen LogP contribution in [-0.2, 0) is 25.0 Å².